The SMILES string of the molecule is CCCCn1c(=O)c2sccc2n(CC(=O)Nc2ccc(C)cc2Cl)c1=O. The molecule has 0 aliphatic rings. The number of nitrogens with one attached hydrogen (secondary N) is 1. The molecule has 0 unspecified atom stereocenters. The van der Waals surface area contributed by atoms with Crippen molar-refractivity contribution in [3.8, 4) is 0 Å². The highest BCUT2D eigenvalue weighted by molar-refractivity contribution is 7.17. The van der Waals surface area contributed by atoms with Gasteiger partial charge in [0, 0.05) is 6.54 Å². The summed E-state index contributed by atoms with van der Waals surface area (Å²) in [6.07, 6.45) is 1.58. The number of unbranched alkanes of at least 4 members (excludes halogenated alkanes) is 1. The van der Waals surface area contributed by atoms with Gasteiger partial charge >= 0.3 is 5.69 Å². The highest BCUT2D eigenvalue weighted by Gasteiger charge is 2.16. The van der Waals surface area contributed by atoms with Crippen LogP contribution in [0.1, 0.15) is 25.3 Å². The zero-order valence-electron chi connectivity index (χ0n) is 15.1. The maximum absolute atomic E-state index is 12.8. The van der Waals surface area contributed by atoms with E-state index in [9.17, 15) is 14.4 Å². The van der Waals surface area contributed by atoms with E-state index < -0.39 is 5.69 Å². The number of hydrogen-bond acceptors (Lipinski definition) is 4. The predicted molar refractivity (Wildman–Crippen MR) is 110 cm³/mol. The second-order valence-electron chi connectivity index (χ2n) is 6.35. The molecule has 0 bridgehead atoms. The molecular formula is C19H20ClN3O3S. The zero-order chi connectivity index (χ0) is 19.6. The summed E-state index contributed by atoms with van der Waals surface area (Å²) in [6, 6.07) is 7.01. The molecule has 0 saturated heterocycles. The number of nitrogens with zero attached hydrogens (tertiary/aromatic N) is 2. The summed E-state index contributed by atoms with van der Waals surface area (Å²) in [7, 11) is 0. The van der Waals surface area contributed by atoms with Gasteiger partial charge < -0.3 is 5.32 Å². The average molecular weight is 406 g/mol. The van der Waals surface area contributed by atoms with E-state index in [2.05, 4.69) is 5.32 Å². The zero-order valence-corrected chi connectivity index (χ0v) is 16.7. The molecule has 6 nitrogen and oxygen atoms in total. The number of benzene rings is 1. The molecule has 1 amide bonds. The Morgan fingerprint density at radius 1 is 1.22 bits per heavy atom. The van der Waals surface area contributed by atoms with Crippen LogP contribution < -0.4 is 16.6 Å². The van der Waals surface area contributed by atoms with Crippen molar-refractivity contribution in [3.05, 3.63) is 61.1 Å². The number of carbonyl (C=O) groups excluding carboxylic acids is 1. The van der Waals surface area contributed by atoms with E-state index in [0.717, 1.165) is 18.4 Å². The van der Waals surface area contributed by atoms with E-state index >= 15 is 0 Å². The van der Waals surface area contributed by atoms with Crippen molar-refractivity contribution in [2.24, 2.45) is 0 Å². The molecule has 3 aromatic rings. The summed E-state index contributed by atoms with van der Waals surface area (Å²) >= 11 is 7.44. The molecule has 142 valence electrons. The summed E-state index contributed by atoms with van der Waals surface area (Å²) in [4.78, 5) is 37.9. The molecule has 1 N–H and O–H groups in total. The van der Waals surface area contributed by atoms with Gasteiger partial charge in [0.1, 0.15) is 11.2 Å². The first-order valence-electron chi connectivity index (χ1n) is 8.69. The number of rotatable bonds is 6. The lowest BCUT2D eigenvalue weighted by Crippen LogP contribution is -2.41. The van der Waals surface area contributed by atoms with Gasteiger partial charge in [0.25, 0.3) is 5.56 Å². The number of fused-ring (bicyclic) bond motifs is 1. The minimum absolute atomic E-state index is 0.192. The lowest BCUT2D eigenvalue weighted by Gasteiger charge is -2.13. The van der Waals surface area contributed by atoms with E-state index in [-0.39, 0.29) is 18.0 Å². The van der Waals surface area contributed by atoms with Crippen LogP contribution in [-0.2, 0) is 17.9 Å². The van der Waals surface area contributed by atoms with Gasteiger partial charge in [-0.1, -0.05) is 31.0 Å². The Bertz CT molecular complexity index is 1110. The molecule has 27 heavy (non-hydrogen) atoms. The van der Waals surface area contributed by atoms with Gasteiger partial charge in [-0.15, -0.1) is 11.3 Å². The van der Waals surface area contributed by atoms with Crippen LogP contribution in [0.2, 0.25) is 5.02 Å². The normalized spacial score (nSPS) is 11.1. The van der Waals surface area contributed by atoms with Crippen LogP contribution in [0.15, 0.2) is 39.2 Å². The van der Waals surface area contributed by atoms with Crippen molar-refractivity contribution in [1.82, 2.24) is 9.13 Å². The summed E-state index contributed by atoms with van der Waals surface area (Å²) in [5.74, 6) is -0.379. The molecule has 3 rings (SSSR count). The molecule has 0 aliphatic heterocycles. The van der Waals surface area contributed by atoms with E-state index in [1.807, 2.05) is 19.9 Å². The minimum Gasteiger partial charge on any atom is -0.323 e. The van der Waals surface area contributed by atoms with E-state index in [1.54, 1.807) is 23.6 Å². The molecule has 2 aromatic heterocycles. The first kappa shape index (κ1) is 19.4. The maximum atomic E-state index is 12.8. The molecule has 0 atom stereocenters. The fraction of sp³-hybridized carbons (Fsp3) is 0.316. The molecule has 1 aromatic carbocycles. The monoisotopic (exact) mass is 405 g/mol. The van der Waals surface area contributed by atoms with Gasteiger partial charge in [0.05, 0.1) is 16.2 Å². The van der Waals surface area contributed by atoms with Crippen LogP contribution in [0, 0.1) is 6.92 Å². The number of hydrogen-bond donors (Lipinski definition) is 1. The van der Waals surface area contributed by atoms with E-state index in [4.69, 9.17) is 11.6 Å². The molecule has 0 aliphatic carbocycles. The second-order valence-corrected chi connectivity index (χ2v) is 7.67. The van der Waals surface area contributed by atoms with Crippen molar-refractivity contribution in [2.45, 2.75) is 39.8 Å². The van der Waals surface area contributed by atoms with Crippen LogP contribution in [0.4, 0.5) is 5.69 Å². The van der Waals surface area contributed by atoms with Gasteiger partial charge in [-0.05, 0) is 42.5 Å². The Hall–Kier alpha value is -2.38. The number of amides is 1. The molecule has 0 saturated carbocycles. The molecule has 2 heterocycles. The highest BCUT2D eigenvalue weighted by atomic mass is 35.5. The fourth-order valence-corrected chi connectivity index (χ4v) is 3.98. The molecule has 8 heteroatoms. The standard InChI is InChI=1S/C19H20ClN3O3S/c1-3-4-8-22-18(25)17-15(7-9-27-17)23(19(22)26)11-16(24)21-14-6-5-12(2)10-13(14)20/h5-7,9-10H,3-4,8,11H2,1-2H3,(H,21,24). The van der Waals surface area contributed by atoms with Crippen molar-refractivity contribution in [3.63, 3.8) is 0 Å². The van der Waals surface area contributed by atoms with Crippen molar-refractivity contribution < 1.29 is 4.79 Å². The number of aryl methyl sites for hydroxylation is 1. The van der Waals surface area contributed by atoms with Crippen molar-refractivity contribution in [1.29, 1.82) is 0 Å². The van der Waals surface area contributed by atoms with E-state index in [0.29, 0.717) is 27.5 Å². The number of aromatic nitrogens is 2. The third-order valence-corrected chi connectivity index (χ3v) is 5.48. The second kappa shape index (κ2) is 8.10. The summed E-state index contributed by atoms with van der Waals surface area (Å²) < 4.78 is 3.04. The number of anilines is 1. The third kappa shape index (κ3) is 3.99. The maximum Gasteiger partial charge on any atom is 0.332 e. The van der Waals surface area contributed by atoms with Gasteiger partial charge in [0.15, 0.2) is 0 Å². The Balaban J connectivity index is 1.96. The number of halogens is 1. The lowest BCUT2D eigenvalue weighted by molar-refractivity contribution is -0.116. The average Bonchev–Trinajstić information content (AvgIpc) is 3.11. The Labute approximate surface area is 165 Å². The Morgan fingerprint density at radius 3 is 2.70 bits per heavy atom. The largest absolute Gasteiger partial charge is 0.332 e. The fourth-order valence-electron chi connectivity index (χ4n) is 2.85. The molecule has 0 radical (unpaired) electrons. The van der Waals surface area contributed by atoms with Crippen molar-refractivity contribution >= 4 is 44.7 Å². The topological polar surface area (TPSA) is 73.1 Å². The Kier molecular flexibility index (Phi) is 5.82. The number of thiophene rings is 1. The summed E-state index contributed by atoms with van der Waals surface area (Å²) in [6.45, 7) is 4.05. The van der Waals surface area contributed by atoms with Gasteiger partial charge in [-0.2, -0.15) is 0 Å². The summed E-state index contributed by atoms with van der Waals surface area (Å²) in [5.41, 5.74) is 1.19. The quantitative estimate of drug-likeness (QED) is 0.680. The molecule has 0 fully saturated rings. The van der Waals surface area contributed by atoms with Crippen LogP contribution in [0.3, 0.4) is 0 Å². The minimum atomic E-state index is -0.468. The molecule has 0 spiro atoms. The van der Waals surface area contributed by atoms with Gasteiger partial charge in [-0.25, -0.2) is 4.79 Å². The third-order valence-electron chi connectivity index (χ3n) is 4.27. The van der Waals surface area contributed by atoms with Crippen LogP contribution in [-0.4, -0.2) is 15.0 Å². The highest BCUT2D eigenvalue weighted by Crippen LogP contribution is 2.23. The van der Waals surface area contributed by atoms with Crippen LogP contribution >= 0.6 is 22.9 Å². The molecular weight excluding hydrogens is 386 g/mol. The first-order chi connectivity index (χ1) is 12.9. The van der Waals surface area contributed by atoms with Crippen LogP contribution in [0.5, 0.6) is 0 Å². The Morgan fingerprint density at radius 2 is 2.00 bits per heavy atom. The van der Waals surface area contributed by atoms with Gasteiger partial charge in [0.2, 0.25) is 5.91 Å². The predicted octanol–water partition coefficient (Wildman–Crippen LogP) is 3.63. The van der Waals surface area contributed by atoms with Crippen LogP contribution in [0.25, 0.3) is 10.2 Å². The van der Waals surface area contributed by atoms with E-state index in [1.165, 1.54) is 20.5 Å². The number of carbonyl (C=O) groups is 1. The van der Waals surface area contributed by atoms with Gasteiger partial charge in [-0.3, -0.25) is 18.7 Å². The van der Waals surface area contributed by atoms with Crippen molar-refractivity contribution in [2.75, 3.05) is 5.32 Å². The first-order valence-corrected chi connectivity index (χ1v) is 9.95. The lowest BCUT2D eigenvalue weighted by atomic mass is 10.2. The smallest absolute Gasteiger partial charge is 0.323 e. The summed E-state index contributed by atoms with van der Waals surface area (Å²) in [5, 5.41) is 4.92.